The third-order valence-corrected chi connectivity index (χ3v) is 10.5. The highest BCUT2D eigenvalue weighted by atomic mass is 16.6. The maximum Gasteiger partial charge on any atom is 0.410 e. The van der Waals surface area contributed by atoms with Crippen molar-refractivity contribution in [1.82, 2.24) is 40.6 Å². The molecular formula is C40H52N8O10. The molecule has 3 aliphatic rings. The van der Waals surface area contributed by atoms with Crippen molar-refractivity contribution in [1.29, 1.82) is 0 Å². The van der Waals surface area contributed by atoms with Crippen molar-refractivity contribution in [2.24, 2.45) is 11.8 Å². The van der Waals surface area contributed by atoms with E-state index < -0.39 is 95.5 Å². The maximum atomic E-state index is 14.5. The van der Waals surface area contributed by atoms with Gasteiger partial charge >= 0.3 is 12.1 Å². The fourth-order valence-corrected chi connectivity index (χ4v) is 7.16. The number of aromatic nitrogens is 2. The average Bonchev–Trinajstić information content (AvgIpc) is 3.91. The third-order valence-electron chi connectivity index (χ3n) is 10.5. The number of amides is 6. The molecule has 6 amide bonds. The van der Waals surface area contributed by atoms with Crippen LogP contribution >= 0.6 is 0 Å². The fourth-order valence-electron chi connectivity index (χ4n) is 7.16. The Morgan fingerprint density at radius 1 is 0.862 bits per heavy atom. The molecule has 1 unspecified atom stereocenters. The number of ketones is 1. The normalized spacial score (nSPS) is 20.0. The number of hydrogen-bond acceptors (Lipinski definition) is 12. The third kappa shape index (κ3) is 10.1. The second-order valence-corrected chi connectivity index (χ2v) is 15.4. The van der Waals surface area contributed by atoms with Gasteiger partial charge in [0.15, 0.2) is 0 Å². The van der Waals surface area contributed by atoms with Crippen molar-refractivity contribution in [2.75, 3.05) is 26.7 Å². The van der Waals surface area contributed by atoms with Crippen molar-refractivity contribution < 1.29 is 47.8 Å². The van der Waals surface area contributed by atoms with Gasteiger partial charge < -0.3 is 40.1 Å². The highest BCUT2D eigenvalue weighted by Gasteiger charge is 2.50. The van der Waals surface area contributed by atoms with E-state index >= 15 is 0 Å². The standard InChI is InChI=1S/C40H52N8O10/c1-7-10-27(33(49)38(54)48-21-30(48)39(55)57-6)43-35(51)29-17-26(58-40(56)46-16-13-24-11-8-9-12-25(24)19-46)20-47(29)37(53)32(23(4)5)45-36(52)31(22(2)3)44-34(50)28-18-41-14-15-42-28/h8-9,11-12,14-15,18,22-23,26-27,29-32H,7,10,13,16-17,19-21H2,1-6H3,(H,43,51)(H,44,50)(H,45,52)/t26-,27+,29+,30?,31+,32+,48?/m1/s1. The van der Waals surface area contributed by atoms with Gasteiger partial charge in [-0.3, -0.25) is 33.8 Å². The van der Waals surface area contributed by atoms with Crippen LogP contribution in [0.1, 0.15) is 75.5 Å². The van der Waals surface area contributed by atoms with Crippen molar-refractivity contribution in [3.63, 3.8) is 0 Å². The lowest BCUT2D eigenvalue weighted by Gasteiger charge is -2.32. The molecule has 6 atom stereocenters. The number of ether oxygens (including phenoxy) is 2. The number of nitrogens with zero attached hydrogens (tertiary/aromatic N) is 5. The molecule has 2 saturated heterocycles. The van der Waals surface area contributed by atoms with E-state index in [-0.39, 0.29) is 31.6 Å². The number of likely N-dealkylation sites (tertiary alicyclic amines) is 1. The lowest BCUT2D eigenvalue weighted by molar-refractivity contribution is -0.147. The lowest BCUT2D eigenvalue weighted by Crippen LogP contribution is -2.59. The molecule has 0 aliphatic carbocycles. The van der Waals surface area contributed by atoms with Gasteiger partial charge in [-0.05, 0) is 35.8 Å². The molecule has 4 heterocycles. The minimum absolute atomic E-state index is 0.00290. The van der Waals surface area contributed by atoms with Gasteiger partial charge in [0.1, 0.15) is 36.0 Å². The summed E-state index contributed by atoms with van der Waals surface area (Å²) in [5.41, 5.74) is 2.11. The Bertz CT molecular complexity index is 1890. The Morgan fingerprint density at radius 3 is 2.21 bits per heavy atom. The molecule has 18 heteroatoms. The second kappa shape index (κ2) is 19.0. The molecule has 0 saturated carbocycles. The molecule has 2 fully saturated rings. The smallest absolute Gasteiger partial charge is 0.410 e. The number of esters is 1. The number of Topliss-reactive ketones (excluding diaryl/α,β-unsaturated/α-hetero) is 1. The van der Waals surface area contributed by atoms with E-state index in [4.69, 9.17) is 4.74 Å². The summed E-state index contributed by atoms with van der Waals surface area (Å²) < 4.78 is 10.6. The summed E-state index contributed by atoms with van der Waals surface area (Å²) in [6, 6.07) is 2.06. The zero-order valence-electron chi connectivity index (χ0n) is 33.6. The monoisotopic (exact) mass is 804 g/mol. The SMILES string of the molecule is CCC[C@H](NC(=O)[C@@H]1C[C@@H](OC(=O)N2CCc3ccccc3C2)CN1C(=O)[C@@H](NC(=O)[C@@H](NC(=O)c1cnccn1)C(C)C)C(C)C)C(=O)C(=O)N1CC1C(=O)OC. The number of carbonyl (C=O) groups is 8. The zero-order chi connectivity index (χ0) is 42.3. The van der Waals surface area contributed by atoms with Crippen LogP contribution in [0.15, 0.2) is 42.9 Å². The van der Waals surface area contributed by atoms with E-state index in [0.717, 1.165) is 16.0 Å². The molecule has 3 N–H and O–H groups in total. The molecule has 3 aliphatic heterocycles. The fraction of sp³-hybridized carbons (Fsp3) is 0.550. The Balaban J connectivity index is 1.35. The van der Waals surface area contributed by atoms with Gasteiger partial charge in [-0.2, -0.15) is 0 Å². The van der Waals surface area contributed by atoms with Gasteiger partial charge in [-0.15, -0.1) is 0 Å². The summed E-state index contributed by atoms with van der Waals surface area (Å²) >= 11 is 0. The van der Waals surface area contributed by atoms with Crippen LogP contribution in [0, 0.1) is 11.8 Å². The first-order chi connectivity index (χ1) is 27.6. The number of methoxy groups -OCH3 is 1. The van der Waals surface area contributed by atoms with Gasteiger partial charge in [0, 0.05) is 31.9 Å². The number of nitrogens with one attached hydrogen (secondary N) is 3. The quantitative estimate of drug-likeness (QED) is 0.129. The molecule has 1 aromatic carbocycles. The van der Waals surface area contributed by atoms with Crippen LogP contribution in [-0.2, 0) is 51.2 Å². The molecule has 0 spiro atoms. The predicted octanol–water partition coefficient (Wildman–Crippen LogP) is 0.774. The van der Waals surface area contributed by atoms with Gasteiger partial charge in [-0.25, -0.2) is 14.6 Å². The Hall–Kier alpha value is -5.94. The topological polar surface area (TPSA) is 226 Å². The Morgan fingerprint density at radius 2 is 1.57 bits per heavy atom. The molecule has 0 radical (unpaired) electrons. The lowest BCUT2D eigenvalue weighted by atomic mass is 9.98. The van der Waals surface area contributed by atoms with Crippen LogP contribution in [-0.4, -0.2) is 135 Å². The van der Waals surface area contributed by atoms with Crippen LogP contribution in [0.3, 0.4) is 0 Å². The summed E-state index contributed by atoms with van der Waals surface area (Å²) in [5, 5.41) is 8.08. The molecule has 2 aromatic rings. The number of benzene rings is 1. The van der Waals surface area contributed by atoms with Crippen molar-refractivity contribution >= 4 is 47.4 Å². The molecular weight excluding hydrogens is 752 g/mol. The molecule has 5 rings (SSSR count). The number of rotatable bonds is 15. The van der Waals surface area contributed by atoms with Gasteiger partial charge in [0.25, 0.3) is 11.8 Å². The second-order valence-electron chi connectivity index (χ2n) is 15.4. The summed E-state index contributed by atoms with van der Waals surface area (Å²) in [7, 11) is 1.17. The van der Waals surface area contributed by atoms with E-state index in [1.54, 1.807) is 39.5 Å². The van der Waals surface area contributed by atoms with E-state index in [1.807, 2.05) is 24.3 Å². The summed E-state index contributed by atoms with van der Waals surface area (Å²) in [6.07, 6.45) is 3.43. The molecule has 58 heavy (non-hydrogen) atoms. The minimum atomic E-state index is -1.28. The zero-order valence-corrected chi connectivity index (χ0v) is 33.6. The van der Waals surface area contributed by atoms with Gasteiger partial charge in [0.2, 0.25) is 23.5 Å². The average molecular weight is 805 g/mol. The van der Waals surface area contributed by atoms with Crippen LogP contribution in [0.25, 0.3) is 0 Å². The van der Waals surface area contributed by atoms with Crippen molar-refractivity contribution in [3.8, 4) is 0 Å². The first-order valence-electron chi connectivity index (χ1n) is 19.6. The molecule has 0 bridgehead atoms. The summed E-state index contributed by atoms with van der Waals surface area (Å²) in [6.45, 7) is 9.16. The highest BCUT2D eigenvalue weighted by Crippen LogP contribution is 2.27. The molecule has 312 valence electrons. The number of fused-ring (bicyclic) bond motifs is 1. The first kappa shape index (κ1) is 43.2. The van der Waals surface area contributed by atoms with Gasteiger partial charge in [0.05, 0.1) is 32.4 Å². The largest absolute Gasteiger partial charge is 0.467 e. The molecule has 18 nitrogen and oxygen atoms in total. The maximum absolute atomic E-state index is 14.5. The van der Waals surface area contributed by atoms with E-state index in [2.05, 4.69) is 30.7 Å². The van der Waals surface area contributed by atoms with Crippen LogP contribution in [0.5, 0.6) is 0 Å². The van der Waals surface area contributed by atoms with Crippen molar-refractivity contribution in [3.05, 3.63) is 59.7 Å². The van der Waals surface area contributed by atoms with Crippen LogP contribution in [0.2, 0.25) is 0 Å². The van der Waals surface area contributed by atoms with Crippen LogP contribution < -0.4 is 16.0 Å². The Labute approximate surface area is 336 Å². The van der Waals surface area contributed by atoms with Crippen LogP contribution in [0.4, 0.5) is 4.79 Å². The first-order valence-corrected chi connectivity index (χ1v) is 19.6. The van der Waals surface area contributed by atoms with E-state index in [0.29, 0.717) is 25.9 Å². The minimum Gasteiger partial charge on any atom is -0.467 e. The summed E-state index contributed by atoms with van der Waals surface area (Å²) in [5.74, 6) is -6.17. The van der Waals surface area contributed by atoms with Gasteiger partial charge in [-0.1, -0.05) is 65.3 Å². The van der Waals surface area contributed by atoms with Crippen molar-refractivity contribution in [2.45, 2.75) is 103 Å². The molecule has 1 aromatic heterocycles. The highest BCUT2D eigenvalue weighted by molar-refractivity contribution is 6.39. The van der Waals surface area contributed by atoms with E-state index in [9.17, 15) is 38.4 Å². The van der Waals surface area contributed by atoms with E-state index in [1.165, 1.54) is 30.6 Å². The predicted molar refractivity (Wildman–Crippen MR) is 205 cm³/mol. The Kier molecular flexibility index (Phi) is 14.1. The number of carbonyl (C=O) groups excluding carboxylic acids is 8. The number of hydrogen-bond donors (Lipinski definition) is 3. The summed E-state index contributed by atoms with van der Waals surface area (Å²) in [4.78, 5) is 119.